The van der Waals surface area contributed by atoms with Crippen molar-refractivity contribution in [3.05, 3.63) is 107 Å². The summed E-state index contributed by atoms with van der Waals surface area (Å²) < 4.78 is 0. The lowest BCUT2D eigenvalue weighted by Crippen LogP contribution is -2.31. The molecule has 1 N–H and O–H groups in total. The zero-order valence-electron chi connectivity index (χ0n) is 15.1. The SMILES string of the molecule is O=C1C=CC2=CN=C(c3cccc(C(=O)c4ccccc4)c3)N3CCC(=C23)N1. The first-order chi connectivity index (χ1) is 13.7. The van der Waals surface area contributed by atoms with Crippen LogP contribution < -0.4 is 5.32 Å². The van der Waals surface area contributed by atoms with Gasteiger partial charge in [0.15, 0.2) is 5.78 Å². The van der Waals surface area contributed by atoms with Crippen LogP contribution in [-0.2, 0) is 4.79 Å². The lowest BCUT2D eigenvalue weighted by atomic mass is 10.00. The molecule has 0 atom stereocenters. The largest absolute Gasteiger partial charge is 0.324 e. The standard InChI is InChI=1S/C23H17N3O2/c27-20-10-9-18-14-24-23(26-12-11-19(25-20)21(18)26)17-8-4-7-16(13-17)22(28)15-5-2-1-3-6-15/h1-10,13-14H,11-12H2,(H,25,27). The van der Waals surface area contributed by atoms with Crippen molar-refractivity contribution in [2.75, 3.05) is 6.54 Å². The third-order valence-corrected chi connectivity index (χ3v) is 5.10. The lowest BCUT2D eigenvalue weighted by Gasteiger charge is -2.27. The summed E-state index contributed by atoms with van der Waals surface area (Å²) in [7, 11) is 0. The number of aliphatic imine (C=N–C) groups is 1. The zero-order chi connectivity index (χ0) is 19.1. The van der Waals surface area contributed by atoms with Crippen molar-refractivity contribution in [2.24, 2.45) is 4.99 Å². The van der Waals surface area contributed by atoms with Crippen molar-refractivity contribution >= 4 is 17.5 Å². The van der Waals surface area contributed by atoms with E-state index in [0.29, 0.717) is 11.1 Å². The highest BCUT2D eigenvalue weighted by Crippen LogP contribution is 2.34. The molecule has 3 heterocycles. The second-order valence-electron chi connectivity index (χ2n) is 6.86. The average molecular weight is 367 g/mol. The van der Waals surface area contributed by atoms with Crippen LogP contribution in [-0.4, -0.2) is 29.0 Å². The second-order valence-corrected chi connectivity index (χ2v) is 6.86. The molecule has 0 saturated carbocycles. The van der Waals surface area contributed by atoms with Crippen LogP contribution in [0.4, 0.5) is 0 Å². The summed E-state index contributed by atoms with van der Waals surface area (Å²) in [5, 5.41) is 2.95. The van der Waals surface area contributed by atoms with Gasteiger partial charge in [0.2, 0.25) is 5.91 Å². The summed E-state index contributed by atoms with van der Waals surface area (Å²) in [6, 6.07) is 16.8. The first-order valence-corrected chi connectivity index (χ1v) is 9.19. The van der Waals surface area contributed by atoms with E-state index in [1.807, 2.05) is 54.6 Å². The molecule has 2 aromatic rings. The van der Waals surface area contributed by atoms with Gasteiger partial charge in [-0.1, -0.05) is 48.5 Å². The van der Waals surface area contributed by atoms with Crippen LogP contribution in [0.15, 0.2) is 94.9 Å². The predicted molar refractivity (Wildman–Crippen MR) is 107 cm³/mol. The highest BCUT2D eigenvalue weighted by Gasteiger charge is 2.32. The van der Waals surface area contributed by atoms with Crippen molar-refractivity contribution in [3.8, 4) is 0 Å². The number of ketones is 1. The van der Waals surface area contributed by atoms with Crippen LogP contribution in [0, 0.1) is 0 Å². The molecule has 0 aromatic heterocycles. The maximum atomic E-state index is 12.8. The number of nitrogens with one attached hydrogen (secondary N) is 1. The molecule has 0 fully saturated rings. The molecule has 136 valence electrons. The highest BCUT2D eigenvalue weighted by atomic mass is 16.1. The average Bonchev–Trinajstić information content (AvgIpc) is 3.08. The molecule has 1 amide bonds. The van der Waals surface area contributed by atoms with Crippen molar-refractivity contribution in [1.29, 1.82) is 0 Å². The number of carbonyl (C=O) groups is 2. The zero-order valence-corrected chi connectivity index (χ0v) is 15.1. The summed E-state index contributed by atoms with van der Waals surface area (Å²) in [4.78, 5) is 31.5. The Bertz CT molecular complexity index is 1120. The van der Waals surface area contributed by atoms with Gasteiger partial charge >= 0.3 is 0 Å². The summed E-state index contributed by atoms with van der Waals surface area (Å²) in [6.45, 7) is 0.742. The van der Waals surface area contributed by atoms with Crippen molar-refractivity contribution < 1.29 is 9.59 Å². The summed E-state index contributed by atoms with van der Waals surface area (Å²) in [5.41, 5.74) is 5.01. The van der Waals surface area contributed by atoms with Crippen molar-refractivity contribution in [2.45, 2.75) is 6.42 Å². The Labute approximate surface area is 162 Å². The van der Waals surface area contributed by atoms with Crippen LogP contribution in [0.3, 0.4) is 0 Å². The van der Waals surface area contributed by atoms with E-state index in [1.54, 1.807) is 12.3 Å². The summed E-state index contributed by atoms with van der Waals surface area (Å²) >= 11 is 0. The number of nitrogens with zero attached hydrogens (tertiary/aromatic N) is 2. The summed E-state index contributed by atoms with van der Waals surface area (Å²) in [5.74, 6) is 0.666. The van der Waals surface area contributed by atoms with E-state index >= 15 is 0 Å². The maximum absolute atomic E-state index is 12.8. The molecule has 0 spiro atoms. The van der Waals surface area contributed by atoms with Crippen LogP contribution in [0.25, 0.3) is 0 Å². The van der Waals surface area contributed by atoms with Gasteiger partial charge in [-0.25, -0.2) is 4.99 Å². The number of benzene rings is 2. The normalized spacial score (nSPS) is 17.6. The molecular weight excluding hydrogens is 350 g/mol. The van der Waals surface area contributed by atoms with E-state index in [9.17, 15) is 9.59 Å². The lowest BCUT2D eigenvalue weighted by molar-refractivity contribution is -0.115. The van der Waals surface area contributed by atoms with Gasteiger partial charge in [0.25, 0.3) is 0 Å². The van der Waals surface area contributed by atoms with E-state index < -0.39 is 0 Å². The maximum Gasteiger partial charge on any atom is 0.248 e. The fraction of sp³-hybridized carbons (Fsp3) is 0.0870. The van der Waals surface area contributed by atoms with E-state index in [1.165, 1.54) is 6.08 Å². The molecule has 0 bridgehead atoms. The Kier molecular flexibility index (Phi) is 3.79. The monoisotopic (exact) mass is 367 g/mol. The van der Waals surface area contributed by atoms with Gasteiger partial charge in [-0.05, 0) is 12.1 Å². The number of carbonyl (C=O) groups excluding carboxylic acids is 2. The minimum absolute atomic E-state index is 0.0129. The van der Waals surface area contributed by atoms with E-state index in [0.717, 1.165) is 41.3 Å². The minimum atomic E-state index is -0.114. The smallest absolute Gasteiger partial charge is 0.248 e. The molecule has 28 heavy (non-hydrogen) atoms. The quantitative estimate of drug-likeness (QED) is 0.848. The first kappa shape index (κ1) is 16.4. The van der Waals surface area contributed by atoms with Gasteiger partial charge < -0.3 is 10.2 Å². The van der Waals surface area contributed by atoms with E-state index in [2.05, 4.69) is 15.2 Å². The van der Waals surface area contributed by atoms with Crippen molar-refractivity contribution in [3.63, 3.8) is 0 Å². The third-order valence-electron chi connectivity index (χ3n) is 5.10. The van der Waals surface area contributed by atoms with Gasteiger partial charge in [-0.3, -0.25) is 9.59 Å². The molecule has 5 nitrogen and oxygen atoms in total. The first-order valence-electron chi connectivity index (χ1n) is 9.19. The summed E-state index contributed by atoms with van der Waals surface area (Å²) in [6.07, 6.45) is 5.87. The van der Waals surface area contributed by atoms with Gasteiger partial charge in [-0.2, -0.15) is 0 Å². The molecule has 3 aliphatic rings. The molecule has 0 unspecified atom stereocenters. The molecule has 5 heteroatoms. The topological polar surface area (TPSA) is 61.8 Å². The predicted octanol–water partition coefficient (Wildman–Crippen LogP) is 3.17. The van der Waals surface area contributed by atoms with Gasteiger partial charge in [0.1, 0.15) is 5.84 Å². The Morgan fingerprint density at radius 3 is 2.68 bits per heavy atom. The number of hydrogen-bond acceptors (Lipinski definition) is 4. The molecule has 0 radical (unpaired) electrons. The molecule has 3 aliphatic heterocycles. The Balaban J connectivity index is 1.54. The molecule has 2 aromatic carbocycles. The van der Waals surface area contributed by atoms with E-state index in [4.69, 9.17) is 0 Å². The molecular formula is C23H17N3O2. The second kappa shape index (κ2) is 6.46. The van der Waals surface area contributed by atoms with Gasteiger partial charge in [-0.15, -0.1) is 0 Å². The minimum Gasteiger partial charge on any atom is -0.324 e. The Morgan fingerprint density at radius 2 is 1.82 bits per heavy atom. The number of amidine groups is 1. The third kappa shape index (κ3) is 2.68. The van der Waals surface area contributed by atoms with Gasteiger partial charge in [0.05, 0.1) is 5.70 Å². The Hall–Kier alpha value is -3.73. The van der Waals surface area contributed by atoms with Crippen LogP contribution in [0.2, 0.25) is 0 Å². The number of allylic oxidation sites excluding steroid dienone is 1. The van der Waals surface area contributed by atoms with Crippen LogP contribution >= 0.6 is 0 Å². The number of rotatable bonds is 3. The highest BCUT2D eigenvalue weighted by molar-refractivity contribution is 6.11. The number of amides is 1. The molecule has 0 aliphatic carbocycles. The Morgan fingerprint density at radius 1 is 1.00 bits per heavy atom. The number of hydrogen-bond donors (Lipinski definition) is 1. The molecule has 5 rings (SSSR count). The van der Waals surface area contributed by atoms with Crippen LogP contribution in [0.5, 0.6) is 0 Å². The van der Waals surface area contributed by atoms with Gasteiger partial charge in [0, 0.05) is 53.2 Å². The fourth-order valence-electron chi connectivity index (χ4n) is 3.81. The molecule has 0 saturated heterocycles. The fourth-order valence-corrected chi connectivity index (χ4v) is 3.81. The van der Waals surface area contributed by atoms with Crippen molar-refractivity contribution in [1.82, 2.24) is 10.2 Å². The van der Waals surface area contributed by atoms with Crippen LogP contribution in [0.1, 0.15) is 27.9 Å². The van der Waals surface area contributed by atoms with E-state index in [-0.39, 0.29) is 11.7 Å².